The first-order valence-corrected chi connectivity index (χ1v) is 11.0. The van der Waals surface area contributed by atoms with E-state index >= 15 is 0 Å². The average molecular weight is 424 g/mol. The van der Waals surface area contributed by atoms with E-state index in [1.165, 1.54) is 7.11 Å². The Morgan fingerprint density at radius 2 is 1.58 bits per heavy atom. The lowest BCUT2D eigenvalue weighted by Crippen LogP contribution is -2.52. The van der Waals surface area contributed by atoms with E-state index in [2.05, 4.69) is 17.4 Å². The molecule has 1 amide bonds. The number of aliphatic carboxylic acids is 1. The largest absolute Gasteiger partial charge is 0.480 e. The number of hydrogen-bond donors (Lipinski definition) is 2. The third-order valence-corrected chi connectivity index (χ3v) is 6.60. The van der Waals surface area contributed by atoms with Crippen LogP contribution in [0.5, 0.6) is 0 Å². The number of amides is 1. The van der Waals surface area contributed by atoms with Crippen molar-refractivity contribution in [2.24, 2.45) is 5.92 Å². The maximum atomic E-state index is 12.6. The van der Waals surface area contributed by atoms with Crippen molar-refractivity contribution in [3.63, 3.8) is 0 Å². The zero-order chi connectivity index (χ0) is 21.8. The molecular formula is C25H29NO5. The molecule has 2 atom stereocenters. The Labute approximate surface area is 182 Å². The molecule has 0 aromatic heterocycles. The number of nitrogens with one attached hydrogen (secondary N) is 1. The summed E-state index contributed by atoms with van der Waals surface area (Å²) in [5.74, 6) is -1.06. The van der Waals surface area contributed by atoms with Crippen LogP contribution in [-0.2, 0) is 14.3 Å². The molecule has 0 heterocycles. The first-order valence-electron chi connectivity index (χ1n) is 11.0. The number of hydrogen-bond acceptors (Lipinski definition) is 4. The van der Waals surface area contributed by atoms with Gasteiger partial charge in [0, 0.05) is 13.0 Å². The Hall–Kier alpha value is -2.86. The van der Waals surface area contributed by atoms with E-state index in [9.17, 15) is 14.7 Å². The SMILES string of the molecule is CO[C@H](C1CCCCC1)[C@H](NC(=O)OCC1c2ccccc2-c2ccccc21)C(=O)O. The summed E-state index contributed by atoms with van der Waals surface area (Å²) in [6.07, 6.45) is 3.79. The second kappa shape index (κ2) is 9.52. The summed E-state index contributed by atoms with van der Waals surface area (Å²) in [5, 5.41) is 12.3. The second-order valence-electron chi connectivity index (χ2n) is 8.38. The van der Waals surface area contributed by atoms with Crippen LogP contribution in [0.1, 0.15) is 49.1 Å². The molecule has 0 spiro atoms. The highest BCUT2D eigenvalue weighted by molar-refractivity contribution is 5.81. The highest BCUT2D eigenvalue weighted by Crippen LogP contribution is 2.44. The average Bonchev–Trinajstić information content (AvgIpc) is 3.12. The molecule has 2 aromatic rings. The Morgan fingerprint density at radius 1 is 1.00 bits per heavy atom. The van der Waals surface area contributed by atoms with Gasteiger partial charge in [-0.1, -0.05) is 67.8 Å². The van der Waals surface area contributed by atoms with Gasteiger partial charge in [0.1, 0.15) is 6.61 Å². The van der Waals surface area contributed by atoms with E-state index in [1.54, 1.807) is 0 Å². The minimum atomic E-state index is -1.14. The van der Waals surface area contributed by atoms with E-state index in [-0.39, 0.29) is 18.4 Å². The molecule has 2 aliphatic carbocycles. The van der Waals surface area contributed by atoms with E-state index in [0.29, 0.717) is 0 Å². The predicted molar refractivity (Wildman–Crippen MR) is 117 cm³/mol. The Balaban J connectivity index is 1.44. The van der Waals surface area contributed by atoms with Crippen molar-refractivity contribution in [2.75, 3.05) is 13.7 Å². The molecule has 0 saturated heterocycles. The van der Waals surface area contributed by atoms with Gasteiger partial charge in [-0.25, -0.2) is 9.59 Å². The predicted octanol–water partition coefficient (Wildman–Crippen LogP) is 4.57. The molecular weight excluding hydrogens is 394 g/mol. The number of carboxylic acids is 1. The van der Waals surface area contributed by atoms with E-state index in [1.807, 2.05) is 36.4 Å². The van der Waals surface area contributed by atoms with Gasteiger partial charge in [-0.15, -0.1) is 0 Å². The highest BCUT2D eigenvalue weighted by Gasteiger charge is 2.37. The molecule has 2 aliphatic rings. The fourth-order valence-corrected chi connectivity index (χ4v) is 5.11. The number of benzene rings is 2. The van der Waals surface area contributed by atoms with Crippen molar-refractivity contribution < 1.29 is 24.2 Å². The standard InChI is InChI=1S/C25H29NO5/c1-30-23(16-9-3-2-4-10-16)22(24(27)28)26-25(29)31-15-21-19-13-7-5-11-17(19)18-12-6-8-14-20(18)21/h5-8,11-14,16,21-23H,2-4,9-10,15H2,1H3,(H,26,29)(H,27,28)/t22-,23+/m0/s1. The molecule has 6 nitrogen and oxygen atoms in total. The van der Waals surface area contributed by atoms with Crippen LogP contribution in [0.3, 0.4) is 0 Å². The van der Waals surface area contributed by atoms with Gasteiger partial charge in [0.25, 0.3) is 0 Å². The van der Waals surface area contributed by atoms with E-state index in [4.69, 9.17) is 9.47 Å². The summed E-state index contributed by atoms with van der Waals surface area (Å²) in [7, 11) is 1.51. The van der Waals surface area contributed by atoms with Gasteiger partial charge in [0.15, 0.2) is 6.04 Å². The van der Waals surface area contributed by atoms with Gasteiger partial charge >= 0.3 is 12.1 Å². The van der Waals surface area contributed by atoms with Crippen LogP contribution in [0.2, 0.25) is 0 Å². The lowest BCUT2D eigenvalue weighted by Gasteiger charge is -2.33. The minimum absolute atomic E-state index is 0.0713. The monoisotopic (exact) mass is 423 g/mol. The van der Waals surface area contributed by atoms with Gasteiger partial charge in [-0.3, -0.25) is 0 Å². The molecule has 6 heteroatoms. The van der Waals surface area contributed by atoms with Crippen LogP contribution in [0, 0.1) is 5.92 Å². The van der Waals surface area contributed by atoms with Gasteiger partial charge in [0.05, 0.1) is 6.10 Å². The summed E-state index contributed by atoms with van der Waals surface area (Å²) in [6, 6.07) is 15.1. The fraction of sp³-hybridized carbons (Fsp3) is 0.440. The number of carbonyl (C=O) groups excluding carboxylic acids is 1. The molecule has 31 heavy (non-hydrogen) atoms. The highest BCUT2D eigenvalue weighted by atomic mass is 16.5. The van der Waals surface area contributed by atoms with Crippen molar-refractivity contribution in [2.45, 2.75) is 50.2 Å². The van der Waals surface area contributed by atoms with Gasteiger partial charge < -0.3 is 19.9 Å². The third kappa shape index (κ3) is 4.44. The number of carbonyl (C=O) groups is 2. The number of rotatable bonds is 7. The number of alkyl carbamates (subject to hydrolysis) is 1. The van der Waals surface area contributed by atoms with Crippen LogP contribution >= 0.6 is 0 Å². The van der Waals surface area contributed by atoms with Crippen LogP contribution in [0.15, 0.2) is 48.5 Å². The lowest BCUT2D eigenvalue weighted by atomic mass is 9.82. The lowest BCUT2D eigenvalue weighted by molar-refractivity contribution is -0.144. The molecule has 164 valence electrons. The van der Waals surface area contributed by atoms with Crippen molar-refractivity contribution >= 4 is 12.1 Å². The van der Waals surface area contributed by atoms with E-state index < -0.39 is 24.2 Å². The zero-order valence-corrected chi connectivity index (χ0v) is 17.8. The molecule has 0 aliphatic heterocycles. The number of ether oxygens (including phenoxy) is 2. The van der Waals surface area contributed by atoms with E-state index in [0.717, 1.165) is 54.4 Å². The second-order valence-corrected chi connectivity index (χ2v) is 8.38. The summed E-state index contributed by atoms with van der Waals surface area (Å²) in [5.41, 5.74) is 4.52. The topological polar surface area (TPSA) is 84.9 Å². The van der Waals surface area contributed by atoms with Crippen LogP contribution < -0.4 is 5.32 Å². The van der Waals surface area contributed by atoms with Crippen LogP contribution in [-0.4, -0.2) is 43.0 Å². The molecule has 0 unspecified atom stereocenters. The van der Waals surface area contributed by atoms with Crippen molar-refractivity contribution in [1.82, 2.24) is 5.32 Å². The van der Waals surface area contributed by atoms with Gasteiger partial charge in [-0.05, 0) is 41.0 Å². The number of carboxylic acid groups (broad SMARTS) is 1. The molecule has 1 fully saturated rings. The first kappa shape index (κ1) is 21.4. The summed E-state index contributed by atoms with van der Waals surface area (Å²) in [6.45, 7) is 0.146. The summed E-state index contributed by atoms with van der Waals surface area (Å²) in [4.78, 5) is 24.5. The van der Waals surface area contributed by atoms with Gasteiger partial charge in [0.2, 0.25) is 0 Å². The zero-order valence-electron chi connectivity index (χ0n) is 17.8. The van der Waals surface area contributed by atoms with Crippen molar-refractivity contribution in [3.8, 4) is 11.1 Å². The molecule has 2 N–H and O–H groups in total. The quantitative estimate of drug-likeness (QED) is 0.681. The Morgan fingerprint density at radius 3 is 2.13 bits per heavy atom. The Bertz CT molecular complexity index is 892. The molecule has 0 bridgehead atoms. The Kier molecular flexibility index (Phi) is 6.56. The van der Waals surface area contributed by atoms with Gasteiger partial charge in [-0.2, -0.15) is 0 Å². The minimum Gasteiger partial charge on any atom is -0.480 e. The number of fused-ring (bicyclic) bond motifs is 3. The smallest absolute Gasteiger partial charge is 0.407 e. The molecule has 4 rings (SSSR count). The maximum Gasteiger partial charge on any atom is 0.407 e. The maximum absolute atomic E-state index is 12.6. The summed E-state index contributed by atoms with van der Waals surface area (Å²) >= 11 is 0. The number of methoxy groups -OCH3 is 1. The molecule has 2 aromatic carbocycles. The molecule has 1 saturated carbocycles. The normalized spacial score (nSPS) is 18.0. The van der Waals surface area contributed by atoms with Crippen LogP contribution in [0.25, 0.3) is 11.1 Å². The third-order valence-electron chi connectivity index (χ3n) is 6.60. The fourth-order valence-electron chi connectivity index (χ4n) is 5.11. The molecule has 0 radical (unpaired) electrons. The van der Waals surface area contributed by atoms with Crippen molar-refractivity contribution in [1.29, 1.82) is 0 Å². The summed E-state index contributed by atoms with van der Waals surface area (Å²) < 4.78 is 11.1. The van der Waals surface area contributed by atoms with Crippen molar-refractivity contribution in [3.05, 3.63) is 59.7 Å². The first-order chi connectivity index (χ1) is 15.1. The van der Waals surface area contributed by atoms with Crippen LogP contribution in [0.4, 0.5) is 4.79 Å².